The van der Waals surface area contributed by atoms with Crippen LogP contribution in [0, 0.1) is 0 Å². The molecule has 0 spiro atoms. The molecule has 0 heterocycles. The standard InChI is InChI=1S/C59H114O17P2/c1-5-9-13-17-21-24-25-26-27-30-34-38-42-46-59(64)76-55(50-70-57(62)44-40-36-32-28-22-18-14-10-6-2)52-74-78(67,68)72-48-53(60)47-71-77(65,66)73-51-54(49-69-56(61)43-39-35-31-20-16-12-8-4)75-58(63)45-41-37-33-29-23-19-15-11-7-3/h53-55,60H,5-52H2,1-4H3,(H,65,66)(H,67,68)/t53-,54+,55+/m0/s1. The molecule has 0 aromatic rings. The first-order chi connectivity index (χ1) is 37.7. The first-order valence-corrected chi connectivity index (χ1v) is 34.3. The van der Waals surface area contributed by atoms with Crippen molar-refractivity contribution in [1.82, 2.24) is 0 Å². The zero-order chi connectivity index (χ0) is 57.6. The van der Waals surface area contributed by atoms with Crippen LogP contribution in [0.1, 0.15) is 297 Å². The van der Waals surface area contributed by atoms with Gasteiger partial charge in [-0.15, -0.1) is 0 Å². The minimum absolute atomic E-state index is 0.106. The first-order valence-electron chi connectivity index (χ1n) is 31.3. The first kappa shape index (κ1) is 76.1. The van der Waals surface area contributed by atoms with E-state index in [1.807, 2.05) is 0 Å². The van der Waals surface area contributed by atoms with E-state index in [0.717, 1.165) is 103 Å². The Hall–Kier alpha value is -1.94. The number of hydrogen-bond donors (Lipinski definition) is 3. The van der Waals surface area contributed by atoms with Crippen LogP contribution in [0.2, 0.25) is 0 Å². The molecule has 0 bridgehead atoms. The summed E-state index contributed by atoms with van der Waals surface area (Å²) in [4.78, 5) is 71.8. The second-order valence-corrected chi connectivity index (χ2v) is 24.3. The fourth-order valence-corrected chi connectivity index (χ4v) is 10.3. The van der Waals surface area contributed by atoms with Gasteiger partial charge in [-0.05, 0) is 25.7 Å². The number of phosphoric acid groups is 2. The van der Waals surface area contributed by atoms with Crippen LogP contribution < -0.4 is 0 Å². The Labute approximate surface area is 473 Å². The molecule has 3 N–H and O–H groups in total. The van der Waals surface area contributed by atoms with Crippen LogP contribution in [-0.4, -0.2) is 96.7 Å². The van der Waals surface area contributed by atoms with Gasteiger partial charge in [0.1, 0.15) is 19.3 Å². The van der Waals surface area contributed by atoms with Crippen LogP contribution in [0.4, 0.5) is 0 Å². The molecule has 0 amide bonds. The number of aliphatic hydroxyl groups excluding tert-OH is 1. The van der Waals surface area contributed by atoms with Gasteiger partial charge in [-0.3, -0.25) is 37.3 Å². The number of unbranched alkanes of at least 4 members (excludes halogenated alkanes) is 34. The fraction of sp³-hybridized carbons (Fsp3) is 0.932. The van der Waals surface area contributed by atoms with Crippen molar-refractivity contribution in [2.24, 2.45) is 0 Å². The lowest BCUT2D eigenvalue weighted by Gasteiger charge is -2.21. The maximum absolute atomic E-state index is 12.9. The Kier molecular flexibility index (Phi) is 53.0. The molecule has 0 saturated heterocycles. The van der Waals surface area contributed by atoms with Gasteiger partial charge in [0.25, 0.3) is 0 Å². The van der Waals surface area contributed by atoms with Gasteiger partial charge >= 0.3 is 39.5 Å². The van der Waals surface area contributed by atoms with Crippen LogP contribution in [-0.2, 0) is 65.4 Å². The Morgan fingerprint density at radius 2 is 0.513 bits per heavy atom. The van der Waals surface area contributed by atoms with E-state index in [0.29, 0.717) is 25.7 Å². The molecule has 78 heavy (non-hydrogen) atoms. The van der Waals surface area contributed by atoms with Crippen molar-refractivity contribution in [2.45, 2.75) is 316 Å². The fourth-order valence-electron chi connectivity index (χ4n) is 8.75. The molecule has 462 valence electrons. The van der Waals surface area contributed by atoms with E-state index in [4.69, 9.17) is 37.0 Å². The molecule has 0 rings (SSSR count). The van der Waals surface area contributed by atoms with Gasteiger partial charge in [-0.25, -0.2) is 9.13 Å². The second-order valence-electron chi connectivity index (χ2n) is 21.4. The molecule has 0 fully saturated rings. The highest BCUT2D eigenvalue weighted by atomic mass is 31.2. The van der Waals surface area contributed by atoms with E-state index in [-0.39, 0.29) is 25.7 Å². The van der Waals surface area contributed by atoms with Crippen LogP contribution >= 0.6 is 15.6 Å². The summed E-state index contributed by atoms with van der Waals surface area (Å²) in [5.41, 5.74) is 0. The third kappa shape index (κ3) is 53.4. The van der Waals surface area contributed by atoms with Crippen molar-refractivity contribution >= 4 is 39.5 Å². The summed E-state index contributed by atoms with van der Waals surface area (Å²) in [5.74, 6) is -2.14. The summed E-state index contributed by atoms with van der Waals surface area (Å²) in [6.45, 7) is 4.79. The van der Waals surface area contributed by atoms with Gasteiger partial charge in [-0.2, -0.15) is 0 Å². The molecule has 0 radical (unpaired) electrons. The van der Waals surface area contributed by atoms with Crippen molar-refractivity contribution in [3.05, 3.63) is 0 Å². The lowest BCUT2D eigenvalue weighted by atomic mass is 10.0. The molecule has 0 aromatic carbocycles. The van der Waals surface area contributed by atoms with Crippen LogP contribution in [0.25, 0.3) is 0 Å². The number of hydrogen-bond acceptors (Lipinski definition) is 15. The zero-order valence-electron chi connectivity index (χ0n) is 49.6. The summed E-state index contributed by atoms with van der Waals surface area (Å²) in [5, 5.41) is 10.5. The Balaban J connectivity index is 5.19. The maximum Gasteiger partial charge on any atom is 0.472 e. The van der Waals surface area contributed by atoms with Gasteiger partial charge in [0.05, 0.1) is 26.4 Å². The monoisotopic (exact) mass is 1160 g/mol. The summed E-state index contributed by atoms with van der Waals surface area (Å²) >= 11 is 0. The second kappa shape index (κ2) is 54.3. The number of ether oxygens (including phenoxy) is 4. The predicted molar refractivity (Wildman–Crippen MR) is 308 cm³/mol. The lowest BCUT2D eigenvalue weighted by molar-refractivity contribution is -0.161. The molecule has 0 aliphatic carbocycles. The SMILES string of the molecule is CCCCCCCCCCCCCCCC(=O)O[C@H](COC(=O)CCCCCCCCCCC)COP(=O)(O)OC[C@@H](O)COP(=O)(O)OC[C@@H](COC(=O)CCCCCCCCC)OC(=O)CCCCCCCCCCC. The maximum atomic E-state index is 12.9. The molecule has 17 nitrogen and oxygen atoms in total. The van der Waals surface area contributed by atoms with E-state index in [1.54, 1.807) is 0 Å². The number of carbonyl (C=O) groups is 4. The summed E-state index contributed by atoms with van der Waals surface area (Å²) < 4.78 is 67.6. The molecule has 2 unspecified atom stereocenters. The highest BCUT2D eigenvalue weighted by molar-refractivity contribution is 7.47. The molecule has 0 saturated carbocycles. The van der Waals surface area contributed by atoms with Crippen molar-refractivity contribution in [1.29, 1.82) is 0 Å². The van der Waals surface area contributed by atoms with Gasteiger partial charge in [0, 0.05) is 25.7 Å². The lowest BCUT2D eigenvalue weighted by Crippen LogP contribution is -2.30. The minimum Gasteiger partial charge on any atom is -0.462 e. The van der Waals surface area contributed by atoms with E-state index >= 15 is 0 Å². The molecule has 19 heteroatoms. The number of phosphoric ester groups is 2. The predicted octanol–water partition coefficient (Wildman–Crippen LogP) is 16.0. The number of aliphatic hydroxyl groups is 1. The van der Waals surface area contributed by atoms with E-state index in [9.17, 15) is 43.2 Å². The quantitative estimate of drug-likeness (QED) is 0.0222. The third-order valence-corrected chi connectivity index (χ3v) is 15.5. The van der Waals surface area contributed by atoms with Crippen LogP contribution in [0.3, 0.4) is 0 Å². The highest BCUT2D eigenvalue weighted by Crippen LogP contribution is 2.45. The largest absolute Gasteiger partial charge is 0.472 e. The van der Waals surface area contributed by atoms with Gasteiger partial charge in [-0.1, -0.05) is 246 Å². The zero-order valence-corrected chi connectivity index (χ0v) is 51.4. The normalized spacial score (nSPS) is 14.3. The summed E-state index contributed by atoms with van der Waals surface area (Å²) in [6, 6.07) is 0. The molecule has 0 aliphatic heterocycles. The Bertz CT molecular complexity index is 1520. The number of rotatable bonds is 60. The molecule has 0 aromatic heterocycles. The smallest absolute Gasteiger partial charge is 0.462 e. The number of esters is 4. The molecule has 0 aliphatic rings. The van der Waals surface area contributed by atoms with Gasteiger partial charge in [0.15, 0.2) is 12.2 Å². The van der Waals surface area contributed by atoms with Crippen LogP contribution in [0.5, 0.6) is 0 Å². The Morgan fingerprint density at radius 3 is 0.756 bits per heavy atom. The molecular formula is C59H114O17P2. The van der Waals surface area contributed by atoms with E-state index in [2.05, 4.69) is 27.7 Å². The van der Waals surface area contributed by atoms with Crippen molar-refractivity contribution in [2.75, 3.05) is 39.6 Å². The summed E-state index contributed by atoms with van der Waals surface area (Å²) in [7, 11) is -9.87. The van der Waals surface area contributed by atoms with Crippen molar-refractivity contribution < 1.29 is 80.2 Å². The van der Waals surface area contributed by atoms with E-state index < -0.39 is 97.5 Å². The van der Waals surface area contributed by atoms with Crippen molar-refractivity contribution in [3.8, 4) is 0 Å². The molecular weight excluding hydrogens is 1040 g/mol. The average molecular weight is 1160 g/mol. The molecule has 5 atom stereocenters. The van der Waals surface area contributed by atoms with Gasteiger partial charge in [0.2, 0.25) is 0 Å². The van der Waals surface area contributed by atoms with Gasteiger partial charge < -0.3 is 33.8 Å². The van der Waals surface area contributed by atoms with Crippen LogP contribution in [0.15, 0.2) is 0 Å². The minimum atomic E-state index is -4.94. The third-order valence-electron chi connectivity index (χ3n) is 13.6. The summed E-state index contributed by atoms with van der Waals surface area (Å²) in [6.07, 6.45) is 37.6. The number of carbonyl (C=O) groups excluding carboxylic acids is 4. The average Bonchev–Trinajstić information content (AvgIpc) is 3.41. The Morgan fingerprint density at radius 1 is 0.308 bits per heavy atom. The van der Waals surface area contributed by atoms with Crippen molar-refractivity contribution in [3.63, 3.8) is 0 Å². The highest BCUT2D eigenvalue weighted by Gasteiger charge is 2.30. The topological polar surface area (TPSA) is 237 Å². The van der Waals surface area contributed by atoms with E-state index in [1.165, 1.54) is 116 Å².